The molecule has 5 nitrogen and oxygen atoms in total. The lowest BCUT2D eigenvalue weighted by Gasteiger charge is -2.40. The Morgan fingerprint density at radius 2 is 1.71 bits per heavy atom. The molecule has 1 aromatic carbocycles. The highest BCUT2D eigenvalue weighted by atomic mass is 16.5. The van der Waals surface area contributed by atoms with E-state index in [4.69, 9.17) is 4.74 Å². The van der Waals surface area contributed by atoms with E-state index in [-0.39, 0.29) is 17.9 Å². The Bertz CT molecular complexity index is 563. The van der Waals surface area contributed by atoms with Crippen LogP contribution in [0, 0.1) is 0 Å². The van der Waals surface area contributed by atoms with E-state index in [2.05, 4.69) is 4.90 Å². The maximum absolute atomic E-state index is 12.9. The van der Waals surface area contributed by atoms with Crippen molar-refractivity contribution in [1.29, 1.82) is 0 Å². The summed E-state index contributed by atoms with van der Waals surface area (Å²) in [5, 5.41) is 0. The largest absolute Gasteiger partial charge is 0.465 e. The van der Waals surface area contributed by atoms with Crippen LogP contribution in [-0.4, -0.2) is 60.5 Å². The van der Waals surface area contributed by atoms with Gasteiger partial charge < -0.3 is 9.64 Å². The van der Waals surface area contributed by atoms with E-state index in [1.807, 2.05) is 62.9 Å². The molecule has 132 valence electrons. The van der Waals surface area contributed by atoms with Crippen molar-refractivity contribution < 1.29 is 14.3 Å². The summed E-state index contributed by atoms with van der Waals surface area (Å²) in [7, 11) is 0. The Balaban J connectivity index is 1.97. The van der Waals surface area contributed by atoms with Crippen molar-refractivity contribution in [2.75, 3.05) is 32.8 Å². The molecule has 0 aromatic heterocycles. The Kier molecular flexibility index (Phi) is 5.99. The van der Waals surface area contributed by atoms with Gasteiger partial charge >= 0.3 is 5.97 Å². The van der Waals surface area contributed by atoms with Gasteiger partial charge in [0.2, 0.25) is 5.91 Å². The van der Waals surface area contributed by atoms with Gasteiger partial charge in [-0.05, 0) is 33.3 Å². The molecule has 0 saturated carbocycles. The molecule has 1 unspecified atom stereocenters. The monoisotopic (exact) mass is 332 g/mol. The average molecular weight is 332 g/mol. The van der Waals surface area contributed by atoms with Crippen LogP contribution in [0.3, 0.4) is 0 Å². The molecular weight excluding hydrogens is 304 g/mol. The zero-order chi connectivity index (χ0) is 17.7. The van der Waals surface area contributed by atoms with Crippen molar-refractivity contribution in [2.45, 2.75) is 39.2 Å². The highest BCUT2D eigenvalue weighted by Crippen LogP contribution is 2.26. The molecule has 2 rings (SSSR count). The number of carbonyl (C=O) groups is 2. The van der Waals surface area contributed by atoms with Gasteiger partial charge in [0.1, 0.15) is 6.04 Å². The fourth-order valence-electron chi connectivity index (χ4n) is 3.10. The summed E-state index contributed by atoms with van der Waals surface area (Å²) in [4.78, 5) is 28.8. The van der Waals surface area contributed by atoms with Crippen LogP contribution >= 0.6 is 0 Å². The standard InChI is InChI=1S/C19H28N2O3/c1-5-24-17(22)15(2)20-11-13-21(14-12-20)18(23)19(3,4)16-9-7-6-8-10-16/h6-10,15H,5,11-14H2,1-4H3. The quantitative estimate of drug-likeness (QED) is 0.775. The number of nitrogens with zero attached hydrogens (tertiary/aromatic N) is 2. The van der Waals surface area contributed by atoms with Crippen LogP contribution in [0.1, 0.15) is 33.3 Å². The molecule has 0 spiro atoms. The van der Waals surface area contributed by atoms with Crippen molar-refractivity contribution in [2.24, 2.45) is 0 Å². The van der Waals surface area contributed by atoms with Crippen molar-refractivity contribution in [3.05, 3.63) is 35.9 Å². The Hall–Kier alpha value is -1.88. The second kappa shape index (κ2) is 7.79. The molecule has 0 radical (unpaired) electrons. The van der Waals surface area contributed by atoms with E-state index in [9.17, 15) is 9.59 Å². The molecule has 1 saturated heterocycles. The molecule has 0 bridgehead atoms. The number of esters is 1. The molecule has 1 aromatic rings. The normalized spacial score (nSPS) is 17.4. The molecule has 24 heavy (non-hydrogen) atoms. The molecule has 1 fully saturated rings. The molecule has 1 aliphatic heterocycles. The number of piperazine rings is 1. The Morgan fingerprint density at radius 3 is 2.25 bits per heavy atom. The minimum absolute atomic E-state index is 0.136. The second-order valence-electron chi connectivity index (χ2n) is 6.75. The first kappa shape index (κ1) is 18.5. The number of hydrogen-bond acceptors (Lipinski definition) is 4. The topological polar surface area (TPSA) is 49.9 Å². The van der Waals surface area contributed by atoms with Crippen molar-refractivity contribution in [3.63, 3.8) is 0 Å². The minimum Gasteiger partial charge on any atom is -0.465 e. The number of carbonyl (C=O) groups excluding carboxylic acids is 2. The number of rotatable bonds is 5. The lowest BCUT2D eigenvalue weighted by Crippen LogP contribution is -2.56. The summed E-state index contributed by atoms with van der Waals surface area (Å²) in [6, 6.07) is 9.62. The number of amides is 1. The fraction of sp³-hybridized carbons (Fsp3) is 0.579. The van der Waals surface area contributed by atoms with Crippen LogP contribution in [0.25, 0.3) is 0 Å². The van der Waals surface area contributed by atoms with Crippen LogP contribution in [0.15, 0.2) is 30.3 Å². The zero-order valence-electron chi connectivity index (χ0n) is 15.1. The molecule has 1 aliphatic rings. The molecule has 0 N–H and O–H groups in total. The van der Waals surface area contributed by atoms with Gasteiger partial charge in [-0.2, -0.15) is 0 Å². The number of benzene rings is 1. The van der Waals surface area contributed by atoms with Crippen molar-refractivity contribution >= 4 is 11.9 Å². The first-order valence-electron chi connectivity index (χ1n) is 8.63. The SMILES string of the molecule is CCOC(=O)C(C)N1CCN(C(=O)C(C)(C)c2ccccc2)CC1. The Morgan fingerprint density at radius 1 is 1.12 bits per heavy atom. The summed E-state index contributed by atoms with van der Waals surface area (Å²) in [6.45, 7) is 10.7. The van der Waals surface area contributed by atoms with Crippen molar-refractivity contribution in [1.82, 2.24) is 9.80 Å². The summed E-state index contributed by atoms with van der Waals surface area (Å²) in [5.41, 5.74) is 0.480. The van der Waals surface area contributed by atoms with Crippen LogP contribution in [-0.2, 0) is 19.7 Å². The lowest BCUT2D eigenvalue weighted by atomic mass is 9.83. The Labute approximate surface area is 144 Å². The van der Waals surface area contributed by atoms with Gasteiger partial charge in [0.25, 0.3) is 0 Å². The molecule has 1 atom stereocenters. The third-order valence-electron chi connectivity index (χ3n) is 4.81. The van der Waals surface area contributed by atoms with Crippen molar-refractivity contribution in [3.8, 4) is 0 Å². The van der Waals surface area contributed by atoms with Crippen LogP contribution in [0.5, 0.6) is 0 Å². The van der Waals surface area contributed by atoms with E-state index < -0.39 is 5.41 Å². The van der Waals surface area contributed by atoms with Gasteiger partial charge in [-0.1, -0.05) is 30.3 Å². The maximum atomic E-state index is 12.9. The fourth-order valence-corrected chi connectivity index (χ4v) is 3.10. The molecule has 0 aliphatic carbocycles. The van der Waals surface area contributed by atoms with Gasteiger partial charge in [-0.3, -0.25) is 14.5 Å². The first-order valence-corrected chi connectivity index (χ1v) is 8.63. The van der Waals surface area contributed by atoms with Crippen LogP contribution < -0.4 is 0 Å². The number of ether oxygens (including phenoxy) is 1. The minimum atomic E-state index is -0.545. The third-order valence-corrected chi connectivity index (χ3v) is 4.81. The maximum Gasteiger partial charge on any atom is 0.323 e. The summed E-state index contributed by atoms with van der Waals surface area (Å²) >= 11 is 0. The predicted octanol–water partition coefficient (Wildman–Crippen LogP) is 2.06. The zero-order valence-corrected chi connectivity index (χ0v) is 15.1. The van der Waals surface area contributed by atoms with Gasteiger partial charge in [0.15, 0.2) is 0 Å². The summed E-state index contributed by atoms with van der Waals surface area (Å²) in [5.74, 6) is -0.0565. The van der Waals surface area contributed by atoms with E-state index >= 15 is 0 Å². The highest BCUT2D eigenvalue weighted by Gasteiger charge is 2.36. The lowest BCUT2D eigenvalue weighted by molar-refractivity contribution is -0.150. The van der Waals surface area contributed by atoms with Gasteiger partial charge in [0, 0.05) is 26.2 Å². The molecule has 1 heterocycles. The van der Waals surface area contributed by atoms with Gasteiger partial charge in [0.05, 0.1) is 12.0 Å². The average Bonchev–Trinajstić information content (AvgIpc) is 2.61. The highest BCUT2D eigenvalue weighted by molar-refractivity contribution is 5.87. The second-order valence-corrected chi connectivity index (χ2v) is 6.75. The molecular formula is C19H28N2O3. The third kappa shape index (κ3) is 3.96. The summed E-state index contributed by atoms with van der Waals surface area (Å²) in [6.07, 6.45) is 0. The summed E-state index contributed by atoms with van der Waals surface area (Å²) < 4.78 is 5.08. The smallest absolute Gasteiger partial charge is 0.323 e. The van der Waals surface area contributed by atoms with Gasteiger partial charge in [-0.25, -0.2) is 0 Å². The molecule has 5 heteroatoms. The van der Waals surface area contributed by atoms with E-state index in [0.29, 0.717) is 32.8 Å². The van der Waals surface area contributed by atoms with Crippen LogP contribution in [0.4, 0.5) is 0 Å². The van der Waals surface area contributed by atoms with E-state index in [0.717, 1.165) is 5.56 Å². The number of hydrogen-bond donors (Lipinski definition) is 0. The van der Waals surface area contributed by atoms with Crippen LogP contribution in [0.2, 0.25) is 0 Å². The molecule has 1 amide bonds. The first-order chi connectivity index (χ1) is 11.4. The van der Waals surface area contributed by atoms with E-state index in [1.54, 1.807) is 0 Å². The van der Waals surface area contributed by atoms with Gasteiger partial charge in [-0.15, -0.1) is 0 Å². The van der Waals surface area contributed by atoms with E-state index in [1.165, 1.54) is 0 Å². The predicted molar refractivity (Wildman–Crippen MR) is 93.7 cm³/mol.